The fourth-order valence-electron chi connectivity index (χ4n) is 3.84. The molecule has 1 amide bonds. The van der Waals surface area contributed by atoms with Crippen molar-refractivity contribution < 1.29 is 9.53 Å². The van der Waals surface area contributed by atoms with E-state index in [1.54, 1.807) is 7.11 Å². The summed E-state index contributed by atoms with van der Waals surface area (Å²) in [5, 5.41) is 4.29. The predicted molar refractivity (Wildman–Crippen MR) is 120 cm³/mol. The zero-order valence-electron chi connectivity index (χ0n) is 17.7. The van der Waals surface area contributed by atoms with E-state index in [9.17, 15) is 4.79 Å². The lowest BCUT2D eigenvalue weighted by atomic mass is 10.0. The summed E-state index contributed by atoms with van der Waals surface area (Å²) < 4.78 is 7.39. The van der Waals surface area contributed by atoms with Gasteiger partial charge in [-0.25, -0.2) is 4.98 Å². The van der Waals surface area contributed by atoms with Crippen LogP contribution in [0.4, 0.5) is 0 Å². The van der Waals surface area contributed by atoms with Gasteiger partial charge in [0, 0.05) is 30.1 Å². The number of nitrogens with zero attached hydrogens (tertiary/aromatic N) is 2. The highest BCUT2D eigenvalue weighted by atomic mass is 16.5. The molecule has 0 aliphatic heterocycles. The third-order valence-electron chi connectivity index (χ3n) is 5.34. The summed E-state index contributed by atoms with van der Waals surface area (Å²) in [7, 11) is 1.66. The van der Waals surface area contributed by atoms with Crippen LogP contribution in [-0.4, -0.2) is 27.6 Å². The van der Waals surface area contributed by atoms with Crippen molar-refractivity contribution in [3.8, 4) is 5.75 Å². The summed E-state index contributed by atoms with van der Waals surface area (Å²) in [4.78, 5) is 20.8. The molecule has 30 heavy (non-hydrogen) atoms. The van der Waals surface area contributed by atoms with Gasteiger partial charge in [0.25, 0.3) is 0 Å². The highest BCUT2D eigenvalue weighted by Gasteiger charge is 2.20. The van der Waals surface area contributed by atoms with Gasteiger partial charge in [-0.1, -0.05) is 26.0 Å². The molecule has 0 unspecified atom stereocenters. The lowest BCUT2D eigenvalue weighted by Crippen LogP contribution is -2.30. The van der Waals surface area contributed by atoms with Crippen LogP contribution in [0.2, 0.25) is 0 Å². The third kappa shape index (κ3) is 4.32. The average Bonchev–Trinajstić information content (AvgIpc) is 3.35. The number of imidazole rings is 1. The van der Waals surface area contributed by atoms with E-state index in [0.29, 0.717) is 18.9 Å². The van der Waals surface area contributed by atoms with Crippen LogP contribution in [0.3, 0.4) is 0 Å². The molecule has 0 aliphatic carbocycles. The van der Waals surface area contributed by atoms with Crippen LogP contribution >= 0.6 is 0 Å². The number of hydrogen-bond acceptors (Lipinski definition) is 3. The Bertz CT molecular complexity index is 1130. The molecule has 0 radical (unpaired) electrons. The molecule has 2 heterocycles. The number of carbonyl (C=O) groups excluding carboxylic acids is 1. The Morgan fingerprint density at radius 3 is 2.80 bits per heavy atom. The minimum absolute atomic E-state index is 0.0245. The number of para-hydroxylation sites is 2. The Hall–Kier alpha value is -3.28. The fraction of sp³-hybridized carbons (Fsp3) is 0.333. The number of benzene rings is 2. The Labute approximate surface area is 176 Å². The molecule has 156 valence electrons. The molecule has 2 aromatic carbocycles. The second kappa shape index (κ2) is 8.61. The van der Waals surface area contributed by atoms with Crippen molar-refractivity contribution in [1.82, 2.24) is 19.9 Å². The van der Waals surface area contributed by atoms with Gasteiger partial charge in [0.15, 0.2) is 0 Å². The van der Waals surface area contributed by atoms with E-state index < -0.39 is 0 Å². The maximum absolute atomic E-state index is 12.8. The predicted octanol–water partition coefficient (Wildman–Crippen LogP) is 4.82. The van der Waals surface area contributed by atoms with Gasteiger partial charge < -0.3 is 19.6 Å². The first-order valence-electron chi connectivity index (χ1n) is 10.4. The maximum Gasteiger partial charge on any atom is 0.222 e. The van der Waals surface area contributed by atoms with E-state index in [2.05, 4.69) is 28.7 Å². The molecule has 0 spiro atoms. The molecule has 0 aliphatic rings. The smallest absolute Gasteiger partial charge is 0.222 e. The number of carbonyl (C=O) groups is 1. The number of H-pyrrole nitrogens is 1. The number of aromatic amines is 1. The number of ether oxygens (including phenoxy) is 1. The zero-order chi connectivity index (χ0) is 21.1. The van der Waals surface area contributed by atoms with Gasteiger partial charge in [0.05, 0.1) is 24.2 Å². The van der Waals surface area contributed by atoms with Crippen LogP contribution in [0.15, 0.2) is 54.7 Å². The molecule has 6 nitrogen and oxygen atoms in total. The molecule has 1 atom stereocenters. The molecule has 6 heteroatoms. The third-order valence-corrected chi connectivity index (χ3v) is 5.34. The number of nitrogens with one attached hydrogen (secondary N) is 2. The number of fused-ring (bicyclic) bond motifs is 2. The van der Waals surface area contributed by atoms with Gasteiger partial charge in [-0.3, -0.25) is 4.79 Å². The molecule has 0 fully saturated rings. The Morgan fingerprint density at radius 1 is 1.20 bits per heavy atom. The summed E-state index contributed by atoms with van der Waals surface area (Å²) in [5.41, 5.74) is 3.01. The maximum atomic E-state index is 12.8. The van der Waals surface area contributed by atoms with Crippen LogP contribution in [0.1, 0.15) is 38.6 Å². The van der Waals surface area contributed by atoms with E-state index in [4.69, 9.17) is 9.72 Å². The van der Waals surface area contributed by atoms with E-state index in [0.717, 1.165) is 39.9 Å². The van der Waals surface area contributed by atoms with Crippen LogP contribution in [0, 0.1) is 5.92 Å². The van der Waals surface area contributed by atoms with Crippen molar-refractivity contribution in [1.29, 1.82) is 0 Å². The number of amides is 1. The van der Waals surface area contributed by atoms with Crippen LogP contribution in [-0.2, 0) is 11.3 Å². The SMILES string of the molecule is COc1ccc2c(ccn2CCC(=O)N[C@@H](CC(C)C)c2nc3ccccc3[nH]2)c1. The van der Waals surface area contributed by atoms with Gasteiger partial charge in [0.1, 0.15) is 11.6 Å². The van der Waals surface area contributed by atoms with Crippen LogP contribution < -0.4 is 10.1 Å². The van der Waals surface area contributed by atoms with E-state index >= 15 is 0 Å². The summed E-state index contributed by atoms with van der Waals surface area (Å²) >= 11 is 0. The molecule has 4 aromatic rings. The largest absolute Gasteiger partial charge is 0.497 e. The minimum Gasteiger partial charge on any atom is -0.497 e. The highest BCUT2D eigenvalue weighted by Crippen LogP contribution is 2.23. The fourth-order valence-corrected chi connectivity index (χ4v) is 3.84. The minimum atomic E-state index is -0.129. The Kier molecular flexibility index (Phi) is 5.74. The number of methoxy groups -OCH3 is 1. The molecular formula is C24H28N4O2. The molecule has 2 N–H and O–H groups in total. The van der Waals surface area contributed by atoms with Gasteiger partial charge >= 0.3 is 0 Å². The van der Waals surface area contributed by atoms with Crippen molar-refractivity contribution >= 4 is 27.8 Å². The molecule has 2 aromatic heterocycles. The van der Waals surface area contributed by atoms with Crippen molar-refractivity contribution in [2.75, 3.05) is 7.11 Å². The Balaban J connectivity index is 1.45. The topological polar surface area (TPSA) is 71.9 Å². The second-order valence-corrected chi connectivity index (χ2v) is 8.07. The van der Waals surface area contributed by atoms with Crippen molar-refractivity contribution in [2.24, 2.45) is 5.92 Å². The van der Waals surface area contributed by atoms with Gasteiger partial charge in [-0.2, -0.15) is 0 Å². The Morgan fingerprint density at radius 2 is 2.03 bits per heavy atom. The number of aromatic nitrogens is 3. The summed E-state index contributed by atoms with van der Waals surface area (Å²) in [6.07, 6.45) is 3.25. The quantitative estimate of drug-likeness (QED) is 0.442. The summed E-state index contributed by atoms with van der Waals surface area (Å²) in [6, 6.07) is 15.8. The van der Waals surface area contributed by atoms with Crippen molar-refractivity contribution in [3.63, 3.8) is 0 Å². The summed E-state index contributed by atoms with van der Waals surface area (Å²) in [5.74, 6) is 2.11. The molecule has 4 rings (SSSR count). The van der Waals surface area contributed by atoms with Crippen LogP contribution in [0.5, 0.6) is 5.75 Å². The van der Waals surface area contributed by atoms with E-state index in [-0.39, 0.29) is 11.9 Å². The first-order valence-corrected chi connectivity index (χ1v) is 10.4. The number of aryl methyl sites for hydroxylation is 1. The zero-order valence-corrected chi connectivity index (χ0v) is 17.7. The summed E-state index contributed by atoms with van der Waals surface area (Å²) in [6.45, 7) is 4.93. The van der Waals surface area contributed by atoms with Crippen molar-refractivity contribution in [2.45, 2.75) is 39.3 Å². The molecular weight excluding hydrogens is 376 g/mol. The first-order chi connectivity index (χ1) is 14.5. The van der Waals surface area contributed by atoms with Crippen LogP contribution in [0.25, 0.3) is 21.9 Å². The number of hydrogen-bond donors (Lipinski definition) is 2. The number of rotatable bonds is 8. The highest BCUT2D eigenvalue weighted by molar-refractivity contribution is 5.82. The average molecular weight is 405 g/mol. The van der Waals surface area contributed by atoms with Gasteiger partial charge in [0.2, 0.25) is 5.91 Å². The van der Waals surface area contributed by atoms with Gasteiger partial charge in [-0.05, 0) is 48.7 Å². The molecule has 0 saturated carbocycles. The standard InChI is InChI=1S/C24H28N4O2/c1-16(2)14-21(24-26-19-6-4-5-7-20(19)27-24)25-23(29)11-13-28-12-10-17-15-18(30-3)8-9-22(17)28/h4-10,12,15-16,21H,11,13-14H2,1-3H3,(H,25,29)(H,26,27)/t21-/m0/s1. The molecule has 0 saturated heterocycles. The van der Waals surface area contributed by atoms with Crippen molar-refractivity contribution in [3.05, 3.63) is 60.6 Å². The normalized spacial score (nSPS) is 12.5. The lowest BCUT2D eigenvalue weighted by molar-refractivity contribution is -0.122. The first kappa shape index (κ1) is 20.0. The van der Waals surface area contributed by atoms with E-state index in [1.807, 2.05) is 54.7 Å². The molecule has 0 bridgehead atoms. The monoisotopic (exact) mass is 404 g/mol. The lowest BCUT2D eigenvalue weighted by Gasteiger charge is -2.19. The van der Waals surface area contributed by atoms with Gasteiger partial charge in [-0.15, -0.1) is 0 Å². The second-order valence-electron chi connectivity index (χ2n) is 8.07. The van der Waals surface area contributed by atoms with E-state index in [1.165, 1.54) is 0 Å².